The lowest BCUT2D eigenvalue weighted by molar-refractivity contribution is -0.126. The van der Waals surface area contributed by atoms with Crippen LogP contribution < -0.4 is 10.9 Å². The summed E-state index contributed by atoms with van der Waals surface area (Å²) in [7, 11) is 0. The quantitative estimate of drug-likeness (QED) is 0.900. The Labute approximate surface area is 136 Å². The molecule has 1 amide bonds. The summed E-state index contributed by atoms with van der Waals surface area (Å²) in [5.41, 5.74) is 0.846. The van der Waals surface area contributed by atoms with Crippen molar-refractivity contribution < 1.29 is 4.79 Å². The van der Waals surface area contributed by atoms with Crippen LogP contribution in [-0.4, -0.2) is 46.3 Å². The summed E-state index contributed by atoms with van der Waals surface area (Å²) in [6, 6.07) is 3.39. The molecule has 2 fully saturated rings. The number of carbonyl (C=O) groups excluding carboxylic acids is 1. The summed E-state index contributed by atoms with van der Waals surface area (Å²) in [6.07, 6.45) is 5.21. The van der Waals surface area contributed by atoms with E-state index in [-0.39, 0.29) is 17.5 Å². The van der Waals surface area contributed by atoms with Crippen LogP contribution in [0, 0.1) is 12.8 Å². The maximum Gasteiger partial charge on any atom is 0.266 e. The van der Waals surface area contributed by atoms with Crippen molar-refractivity contribution in [1.29, 1.82) is 0 Å². The molecule has 3 heterocycles. The molecule has 6 heteroatoms. The number of nitrogens with zero attached hydrogens (tertiary/aromatic N) is 3. The molecule has 6 nitrogen and oxygen atoms in total. The predicted octanol–water partition coefficient (Wildman–Crippen LogP) is 0.932. The Kier molecular flexibility index (Phi) is 5.10. The van der Waals surface area contributed by atoms with Gasteiger partial charge in [0.2, 0.25) is 5.91 Å². The molecular weight excluding hydrogens is 292 g/mol. The molecule has 0 spiro atoms. The first kappa shape index (κ1) is 16.2. The van der Waals surface area contributed by atoms with Crippen molar-refractivity contribution in [3.63, 3.8) is 0 Å². The minimum absolute atomic E-state index is 0.0267. The van der Waals surface area contributed by atoms with E-state index in [4.69, 9.17) is 0 Å². The monoisotopic (exact) mass is 318 g/mol. The zero-order valence-corrected chi connectivity index (χ0v) is 13.8. The minimum atomic E-state index is -0.0267. The molecule has 126 valence electrons. The first-order chi connectivity index (χ1) is 11.1. The van der Waals surface area contributed by atoms with Gasteiger partial charge in [-0.1, -0.05) is 0 Å². The van der Waals surface area contributed by atoms with E-state index in [1.165, 1.54) is 0 Å². The third kappa shape index (κ3) is 3.99. The fraction of sp³-hybridized carbons (Fsp3) is 0.706. The van der Waals surface area contributed by atoms with Gasteiger partial charge in [-0.25, -0.2) is 4.68 Å². The highest BCUT2D eigenvalue weighted by molar-refractivity contribution is 5.81. The number of carbonyl (C=O) groups is 1. The standard InChI is InChI=1S/C17H26N4O2/c1-13-5-6-16(22)21(19-13)12-14-7-10-20(11-8-14)15-4-2-3-9-18-17(15)23/h5-6,14-15H,2-4,7-12H2,1H3,(H,18,23). The van der Waals surface area contributed by atoms with E-state index in [2.05, 4.69) is 15.3 Å². The van der Waals surface area contributed by atoms with Crippen LogP contribution in [0.1, 0.15) is 37.8 Å². The van der Waals surface area contributed by atoms with Crippen molar-refractivity contribution >= 4 is 5.91 Å². The average molecular weight is 318 g/mol. The second-order valence-electron chi connectivity index (χ2n) is 6.78. The van der Waals surface area contributed by atoms with Gasteiger partial charge >= 0.3 is 0 Å². The molecule has 1 aromatic rings. The van der Waals surface area contributed by atoms with Crippen LogP contribution >= 0.6 is 0 Å². The topological polar surface area (TPSA) is 67.2 Å². The van der Waals surface area contributed by atoms with E-state index >= 15 is 0 Å². The van der Waals surface area contributed by atoms with Crippen LogP contribution in [-0.2, 0) is 11.3 Å². The summed E-state index contributed by atoms with van der Waals surface area (Å²) in [6.45, 7) is 5.27. The molecule has 2 aliphatic heterocycles. The Morgan fingerprint density at radius 2 is 1.96 bits per heavy atom. The average Bonchev–Trinajstić information content (AvgIpc) is 2.76. The van der Waals surface area contributed by atoms with Crippen LogP contribution in [0.4, 0.5) is 0 Å². The summed E-state index contributed by atoms with van der Waals surface area (Å²) in [5, 5.41) is 7.35. The molecule has 3 rings (SSSR count). The number of amides is 1. The van der Waals surface area contributed by atoms with Gasteiger partial charge in [-0.05, 0) is 64.1 Å². The molecule has 1 N–H and O–H groups in total. The van der Waals surface area contributed by atoms with Gasteiger partial charge in [0, 0.05) is 19.2 Å². The molecule has 0 aromatic carbocycles. The lowest BCUT2D eigenvalue weighted by Gasteiger charge is -2.36. The Bertz CT molecular complexity index is 605. The van der Waals surface area contributed by atoms with E-state index in [1.54, 1.807) is 16.8 Å². The van der Waals surface area contributed by atoms with Gasteiger partial charge in [-0.3, -0.25) is 14.5 Å². The number of hydrogen-bond donors (Lipinski definition) is 1. The van der Waals surface area contributed by atoms with Crippen molar-refractivity contribution in [2.75, 3.05) is 19.6 Å². The molecule has 0 radical (unpaired) electrons. The van der Waals surface area contributed by atoms with Gasteiger partial charge in [0.1, 0.15) is 0 Å². The van der Waals surface area contributed by atoms with Crippen LogP contribution in [0.25, 0.3) is 0 Å². The summed E-state index contributed by atoms with van der Waals surface area (Å²) in [5.74, 6) is 0.657. The highest BCUT2D eigenvalue weighted by Gasteiger charge is 2.30. The highest BCUT2D eigenvalue weighted by atomic mass is 16.2. The third-order valence-corrected chi connectivity index (χ3v) is 5.03. The fourth-order valence-electron chi connectivity index (χ4n) is 3.65. The molecule has 1 aromatic heterocycles. The maximum atomic E-state index is 12.2. The lowest BCUT2D eigenvalue weighted by Crippen LogP contribution is -2.49. The van der Waals surface area contributed by atoms with Crippen LogP contribution in [0.2, 0.25) is 0 Å². The van der Waals surface area contributed by atoms with Crippen LogP contribution in [0.5, 0.6) is 0 Å². The second kappa shape index (κ2) is 7.25. The molecule has 1 atom stereocenters. The number of aryl methyl sites for hydroxylation is 1. The van der Waals surface area contributed by atoms with Crippen molar-refractivity contribution in [2.45, 2.75) is 51.6 Å². The predicted molar refractivity (Wildman–Crippen MR) is 88.2 cm³/mol. The van der Waals surface area contributed by atoms with Crippen molar-refractivity contribution in [1.82, 2.24) is 20.0 Å². The van der Waals surface area contributed by atoms with Gasteiger partial charge in [-0.2, -0.15) is 5.10 Å². The summed E-state index contributed by atoms with van der Waals surface area (Å²) >= 11 is 0. The van der Waals surface area contributed by atoms with Crippen molar-refractivity contribution in [3.05, 3.63) is 28.2 Å². The third-order valence-electron chi connectivity index (χ3n) is 5.03. The van der Waals surface area contributed by atoms with Crippen LogP contribution in [0.15, 0.2) is 16.9 Å². The Balaban J connectivity index is 1.56. The normalized spacial score (nSPS) is 24.2. The molecule has 23 heavy (non-hydrogen) atoms. The first-order valence-corrected chi connectivity index (χ1v) is 8.70. The number of rotatable bonds is 3. The fourth-order valence-corrected chi connectivity index (χ4v) is 3.65. The largest absolute Gasteiger partial charge is 0.355 e. The van der Waals surface area contributed by atoms with E-state index in [1.807, 2.05) is 6.92 Å². The molecule has 0 saturated carbocycles. The zero-order valence-electron chi connectivity index (χ0n) is 13.8. The van der Waals surface area contributed by atoms with Gasteiger partial charge in [0.25, 0.3) is 5.56 Å². The molecule has 0 aliphatic carbocycles. The number of hydrogen-bond acceptors (Lipinski definition) is 4. The van der Waals surface area contributed by atoms with Gasteiger partial charge < -0.3 is 5.32 Å². The smallest absolute Gasteiger partial charge is 0.266 e. The molecule has 1 unspecified atom stereocenters. The molecular formula is C17H26N4O2. The van der Waals surface area contributed by atoms with E-state index in [0.717, 1.165) is 57.4 Å². The number of nitrogens with one attached hydrogen (secondary N) is 1. The summed E-state index contributed by atoms with van der Waals surface area (Å²) < 4.78 is 1.59. The number of aromatic nitrogens is 2. The zero-order chi connectivity index (χ0) is 16.2. The summed E-state index contributed by atoms with van der Waals surface area (Å²) in [4.78, 5) is 26.4. The number of likely N-dealkylation sites (tertiary alicyclic amines) is 1. The Morgan fingerprint density at radius 1 is 1.17 bits per heavy atom. The Hall–Kier alpha value is -1.69. The lowest BCUT2D eigenvalue weighted by atomic mass is 9.94. The first-order valence-electron chi connectivity index (χ1n) is 8.70. The van der Waals surface area contributed by atoms with E-state index < -0.39 is 0 Å². The van der Waals surface area contributed by atoms with Gasteiger partial charge in [-0.15, -0.1) is 0 Å². The maximum absolute atomic E-state index is 12.2. The SMILES string of the molecule is Cc1ccc(=O)n(CC2CCN(C3CCCCNC3=O)CC2)n1. The van der Waals surface area contributed by atoms with E-state index in [9.17, 15) is 9.59 Å². The molecule has 2 saturated heterocycles. The van der Waals surface area contributed by atoms with Crippen molar-refractivity contribution in [3.8, 4) is 0 Å². The molecule has 2 aliphatic rings. The second-order valence-corrected chi connectivity index (χ2v) is 6.78. The number of piperidine rings is 1. The van der Waals surface area contributed by atoms with Crippen molar-refractivity contribution in [2.24, 2.45) is 5.92 Å². The van der Waals surface area contributed by atoms with E-state index in [0.29, 0.717) is 12.5 Å². The highest BCUT2D eigenvalue weighted by Crippen LogP contribution is 2.22. The van der Waals surface area contributed by atoms with Crippen LogP contribution in [0.3, 0.4) is 0 Å². The Morgan fingerprint density at radius 3 is 2.74 bits per heavy atom. The van der Waals surface area contributed by atoms with Gasteiger partial charge in [0.15, 0.2) is 0 Å². The van der Waals surface area contributed by atoms with Gasteiger partial charge in [0.05, 0.1) is 11.7 Å². The molecule has 0 bridgehead atoms. The minimum Gasteiger partial charge on any atom is -0.355 e.